The Morgan fingerprint density at radius 2 is 1.82 bits per heavy atom. The predicted octanol–water partition coefficient (Wildman–Crippen LogP) is 5.04. The molecule has 8 heteroatoms. The molecule has 2 unspecified atom stereocenters. The predicted molar refractivity (Wildman–Crippen MR) is 133 cm³/mol. The Morgan fingerprint density at radius 3 is 2.52 bits per heavy atom. The molecule has 2 heterocycles. The maximum absolute atomic E-state index is 12.9. The summed E-state index contributed by atoms with van der Waals surface area (Å²) in [5.74, 6) is 0.776. The molecule has 1 saturated heterocycles. The molecule has 0 saturated carbocycles. The van der Waals surface area contributed by atoms with Gasteiger partial charge in [0.15, 0.2) is 11.6 Å². The smallest absolute Gasteiger partial charge is 0.253 e. The second-order valence-corrected chi connectivity index (χ2v) is 9.15. The number of nitrogens with zero attached hydrogens (tertiary/aromatic N) is 2. The van der Waals surface area contributed by atoms with E-state index in [0.29, 0.717) is 34.4 Å². The number of halogens is 2. The number of hydrogen-bond donors (Lipinski definition) is 2. The van der Waals surface area contributed by atoms with Crippen molar-refractivity contribution in [3.05, 3.63) is 75.9 Å². The summed E-state index contributed by atoms with van der Waals surface area (Å²) in [5, 5.41) is 4.37. The Kier molecular flexibility index (Phi) is 7.08. The number of carbonyl (C=O) groups is 1. The zero-order valence-electron chi connectivity index (χ0n) is 18.5. The van der Waals surface area contributed by atoms with Crippen LogP contribution in [-0.4, -0.2) is 41.0 Å². The van der Waals surface area contributed by atoms with Crippen molar-refractivity contribution in [2.75, 3.05) is 18.8 Å². The molecule has 1 aromatic heterocycles. The molecule has 172 valence electrons. The van der Waals surface area contributed by atoms with Gasteiger partial charge in [-0.15, -0.1) is 0 Å². The quantitative estimate of drug-likeness (QED) is 0.530. The molecule has 1 aliphatic heterocycles. The lowest BCUT2D eigenvalue weighted by molar-refractivity contribution is 0.0674. The van der Waals surface area contributed by atoms with Gasteiger partial charge in [0.25, 0.3) is 5.91 Å². The number of anilines is 1. The van der Waals surface area contributed by atoms with E-state index in [1.54, 1.807) is 12.3 Å². The number of hydrogen-bond acceptors (Lipinski definition) is 5. The molecular formula is C25H26Cl2N4O2. The molecule has 0 radical (unpaired) electrons. The molecule has 0 bridgehead atoms. The average Bonchev–Trinajstić information content (AvgIpc) is 2.80. The van der Waals surface area contributed by atoms with E-state index in [2.05, 4.69) is 24.1 Å². The van der Waals surface area contributed by atoms with Crippen molar-refractivity contribution in [3.63, 3.8) is 0 Å². The number of pyridine rings is 1. The third-order valence-corrected chi connectivity index (χ3v) is 6.46. The highest BCUT2D eigenvalue weighted by Crippen LogP contribution is 2.30. The third kappa shape index (κ3) is 5.41. The molecule has 1 amide bonds. The first-order chi connectivity index (χ1) is 15.8. The molecule has 4 rings (SSSR count). The average molecular weight is 485 g/mol. The maximum Gasteiger partial charge on any atom is 0.253 e. The molecular weight excluding hydrogens is 459 g/mol. The van der Waals surface area contributed by atoms with Gasteiger partial charge in [-0.2, -0.15) is 0 Å². The SMILES string of the molecule is CC1CN(C(=O)c2ccc(-c3cnc(N)c(OCc4cccc(Cl)c4Cl)c3)cc2)CC(C)N1. The lowest BCUT2D eigenvalue weighted by Gasteiger charge is -2.36. The number of carbonyl (C=O) groups excluding carboxylic acids is 1. The van der Waals surface area contributed by atoms with Gasteiger partial charge < -0.3 is 20.7 Å². The molecule has 33 heavy (non-hydrogen) atoms. The van der Waals surface area contributed by atoms with Crippen molar-refractivity contribution < 1.29 is 9.53 Å². The van der Waals surface area contributed by atoms with Crippen molar-refractivity contribution in [2.24, 2.45) is 0 Å². The van der Waals surface area contributed by atoms with E-state index in [1.807, 2.05) is 47.4 Å². The van der Waals surface area contributed by atoms with E-state index in [-0.39, 0.29) is 30.4 Å². The van der Waals surface area contributed by atoms with Crippen LogP contribution in [-0.2, 0) is 6.61 Å². The van der Waals surface area contributed by atoms with E-state index in [1.165, 1.54) is 0 Å². The molecule has 0 aliphatic carbocycles. The Balaban J connectivity index is 1.49. The Hall–Kier alpha value is -2.80. The lowest BCUT2D eigenvalue weighted by Crippen LogP contribution is -2.55. The zero-order valence-corrected chi connectivity index (χ0v) is 20.0. The Morgan fingerprint density at radius 1 is 1.12 bits per heavy atom. The van der Waals surface area contributed by atoms with E-state index >= 15 is 0 Å². The number of piperazine rings is 1. The molecule has 2 atom stereocenters. The topological polar surface area (TPSA) is 80.5 Å². The Bertz CT molecular complexity index is 1140. The highest BCUT2D eigenvalue weighted by molar-refractivity contribution is 6.42. The van der Waals surface area contributed by atoms with Gasteiger partial charge in [0.05, 0.1) is 10.0 Å². The van der Waals surface area contributed by atoms with Crippen LogP contribution in [0.15, 0.2) is 54.7 Å². The van der Waals surface area contributed by atoms with Crippen LogP contribution in [0.2, 0.25) is 10.0 Å². The fraction of sp³-hybridized carbons (Fsp3) is 0.280. The second kappa shape index (κ2) is 10.00. The summed E-state index contributed by atoms with van der Waals surface area (Å²) in [6.07, 6.45) is 1.69. The highest BCUT2D eigenvalue weighted by atomic mass is 35.5. The van der Waals surface area contributed by atoms with E-state index < -0.39 is 0 Å². The number of ether oxygens (including phenoxy) is 1. The first kappa shape index (κ1) is 23.4. The summed E-state index contributed by atoms with van der Waals surface area (Å²) in [4.78, 5) is 19.1. The van der Waals surface area contributed by atoms with Crippen molar-refractivity contribution in [3.8, 4) is 16.9 Å². The van der Waals surface area contributed by atoms with Crippen LogP contribution in [0.3, 0.4) is 0 Å². The number of nitrogen functional groups attached to an aromatic ring is 1. The normalized spacial score (nSPS) is 18.2. The first-order valence-corrected chi connectivity index (χ1v) is 11.5. The molecule has 0 spiro atoms. The highest BCUT2D eigenvalue weighted by Gasteiger charge is 2.25. The van der Waals surface area contributed by atoms with E-state index in [0.717, 1.165) is 16.7 Å². The number of amides is 1. The minimum Gasteiger partial charge on any atom is -0.485 e. The van der Waals surface area contributed by atoms with Crippen molar-refractivity contribution in [1.29, 1.82) is 0 Å². The van der Waals surface area contributed by atoms with E-state index in [4.69, 9.17) is 33.7 Å². The fourth-order valence-electron chi connectivity index (χ4n) is 4.02. The summed E-state index contributed by atoms with van der Waals surface area (Å²) in [6, 6.07) is 15.3. The monoisotopic (exact) mass is 484 g/mol. The summed E-state index contributed by atoms with van der Waals surface area (Å²) >= 11 is 12.3. The van der Waals surface area contributed by atoms with Crippen LogP contribution >= 0.6 is 23.2 Å². The standard InChI is InChI=1S/C25H26Cl2N4O2/c1-15-12-31(13-16(2)30-15)25(32)18-8-6-17(7-9-18)20-10-22(24(28)29-11-20)33-14-19-4-3-5-21(26)23(19)27/h3-11,15-16,30H,12-14H2,1-2H3,(H2,28,29). The van der Waals surface area contributed by atoms with Crippen LogP contribution in [0.5, 0.6) is 5.75 Å². The zero-order chi connectivity index (χ0) is 23.5. The van der Waals surface area contributed by atoms with Gasteiger partial charge in [0, 0.05) is 48.1 Å². The number of nitrogens with two attached hydrogens (primary N) is 1. The molecule has 1 aliphatic rings. The van der Waals surface area contributed by atoms with Crippen molar-refractivity contribution in [2.45, 2.75) is 32.5 Å². The van der Waals surface area contributed by atoms with Crippen molar-refractivity contribution in [1.82, 2.24) is 15.2 Å². The number of aromatic nitrogens is 1. The van der Waals surface area contributed by atoms with Gasteiger partial charge in [-0.25, -0.2) is 4.98 Å². The first-order valence-electron chi connectivity index (χ1n) is 10.8. The lowest BCUT2D eigenvalue weighted by atomic mass is 10.0. The molecule has 1 fully saturated rings. The van der Waals surface area contributed by atoms with Gasteiger partial charge in [0.2, 0.25) is 0 Å². The number of benzene rings is 2. The molecule has 2 aromatic carbocycles. The van der Waals surface area contributed by atoms with Crippen LogP contribution in [0, 0.1) is 0 Å². The van der Waals surface area contributed by atoms with Crippen molar-refractivity contribution >= 4 is 34.9 Å². The Labute approximate surface area is 203 Å². The van der Waals surface area contributed by atoms with Crippen LogP contribution in [0.4, 0.5) is 5.82 Å². The fourth-order valence-corrected chi connectivity index (χ4v) is 4.40. The summed E-state index contributed by atoms with van der Waals surface area (Å²) in [6.45, 7) is 5.79. The third-order valence-electron chi connectivity index (χ3n) is 5.61. The van der Waals surface area contributed by atoms with Gasteiger partial charge in [0.1, 0.15) is 6.61 Å². The van der Waals surface area contributed by atoms with Gasteiger partial charge in [-0.1, -0.05) is 47.5 Å². The molecule has 3 N–H and O–H groups in total. The van der Waals surface area contributed by atoms with Crippen LogP contribution in [0.1, 0.15) is 29.8 Å². The summed E-state index contributed by atoms with van der Waals surface area (Å²) in [5.41, 5.74) is 9.18. The maximum atomic E-state index is 12.9. The van der Waals surface area contributed by atoms with Gasteiger partial charge in [-0.3, -0.25) is 4.79 Å². The van der Waals surface area contributed by atoms with Gasteiger partial charge >= 0.3 is 0 Å². The minimum absolute atomic E-state index is 0.0413. The molecule has 6 nitrogen and oxygen atoms in total. The molecule has 3 aromatic rings. The van der Waals surface area contributed by atoms with Gasteiger partial charge in [-0.05, 0) is 43.7 Å². The number of nitrogens with one attached hydrogen (secondary N) is 1. The second-order valence-electron chi connectivity index (χ2n) is 8.37. The van der Waals surface area contributed by atoms with Crippen LogP contribution in [0.25, 0.3) is 11.1 Å². The minimum atomic E-state index is 0.0413. The summed E-state index contributed by atoms with van der Waals surface area (Å²) < 4.78 is 5.88. The largest absolute Gasteiger partial charge is 0.485 e. The summed E-state index contributed by atoms with van der Waals surface area (Å²) in [7, 11) is 0. The van der Waals surface area contributed by atoms with Crippen LogP contribution < -0.4 is 15.8 Å². The van der Waals surface area contributed by atoms with E-state index in [9.17, 15) is 4.79 Å². The number of rotatable bonds is 5.